The molecule has 1 N–H and O–H groups in total. The highest BCUT2D eigenvalue weighted by Crippen LogP contribution is 2.32. The van der Waals surface area contributed by atoms with E-state index >= 15 is 0 Å². The third kappa shape index (κ3) is 4.35. The summed E-state index contributed by atoms with van der Waals surface area (Å²) in [5.74, 6) is 1.15. The molecule has 0 aliphatic carbocycles. The van der Waals surface area contributed by atoms with Gasteiger partial charge in [0.2, 0.25) is 0 Å². The van der Waals surface area contributed by atoms with Gasteiger partial charge in [0.15, 0.2) is 11.5 Å². The normalized spacial score (nSPS) is 10.6. The molecule has 7 nitrogen and oxygen atoms in total. The molecular formula is C22H21N5O2. The Balaban J connectivity index is 1.51. The highest BCUT2D eigenvalue weighted by Gasteiger charge is 2.14. The minimum atomic E-state index is 0.264. The number of nitrogens with one attached hydrogen (secondary N) is 1. The van der Waals surface area contributed by atoms with Crippen LogP contribution >= 0.6 is 0 Å². The van der Waals surface area contributed by atoms with Crippen molar-refractivity contribution in [1.29, 1.82) is 0 Å². The molecule has 0 fully saturated rings. The third-order valence-corrected chi connectivity index (χ3v) is 4.42. The molecule has 4 rings (SSSR count). The number of methoxy groups -OCH3 is 1. The Morgan fingerprint density at radius 1 is 0.931 bits per heavy atom. The number of hydrogen-bond donors (Lipinski definition) is 1. The van der Waals surface area contributed by atoms with Gasteiger partial charge in [-0.25, -0.2) is 0 Å². The van der Waals surface area contributed by atoms with E-state index in [-0.39, 0.29) is 6.01 Å². The predicted octanol–water partition coefficient (Wildman–Crippen LogP) is 4.38. The van der Waals surface area contributed by atoms with Gasteiger partial charge in [0.05, 0.1) is 12.8 Å². The van der Waals surface area contributed by atoms with Gasteiger partial charge in [-0.2, -0.15) is 4.68 Å². The van der Waals surface area contributed by atoms with Crippen LogP contribution in [0.3, 0.4) is 0 Å². The molecule has 0 aliphatic heterocycles. The van der Waals surface area contributed by atoms with Gasteiger partial charge >= 0.3 is 6.01 Å². The molecule has 1 heterocycles. The number of hydrogen-bond acceptors (Lipinski definition) is 6. The molecule has 0 atom stereocenters. The molecule has 0 bridgehead atoms. The van der Waals surface area contributed by atoms with Crippen molar-refractivity contribution < 1.29 is 9.47 Å². The standard InChI is InChI=1S/C22H21N5O2/c1-16-8-11-18(12-9-16)23-15-17-10-13-20(21(14-17)28-2)29-22-24-25-26-27(22)19-6-4-3-5-7-19/h3-14,23H,15H2,1-2H3. The first kappa shape index (κ1) is 18.5. The molecule has 1 aromatic heterocycles. The summed E-state index contributed by atoms with van der Waals surface area (Å²) in [6.45, 7) is 2.74. The number of nitrogens with zero attached hydrogens (tertiary/aromatic N) is 4. The summed E-state index contributed by atoms with van der Waals surface area (Å²) in [5, 5.41) is 15.1. The van der Waals surface area contributed by atoms with Crippen LogP contribution in [0.1, 0.15) is 11.1 Å². The summed E-state index contributed by atoms with van der Waals surface area (Å²) in [7, 11) is 1.61. The number of tetrazole rings is 1. The van der Waals surface area contributed by atoms with E-state index < -0.39 is 0 Å². The van der Waals surface area contributed by atoms with Gasteiger partial charge in [-0.3, -0.25) is 0 Å². The smallest absolute Gasteiger partial charge is 0.346 e. The maximum atomic E-state index is 5.94. The number of para-hydroxylation sites is 1. The summed E-state index contributed by atoms with van der Waals surface area (Å²) in [4.78, 5) is 0. The summed E-state index contributed by atoms with van der Waals surface area (Å²) < 4.78 is 13.0. The lowest BCUT2D eigenvalue weighted by Gasteiger charge is -2.12. The van der Waals surface area contributed by atoms with E-state index in [1.54, 1.807) is 7.11 Å². The quantitative estimate of drug-likeness (QED) is 0.507. The summed E-state index contributed by atoms with van der Waals surface area (Å²) >= 11 is 0. The van der Waals surface area contributed by atoms with Crippen molar-refractivity contribution in [3.63, 3.8) is 0 Å². The van der Waals surface area contributed by atoms with Crippen molar-refractivity contribution in [2.24, 2.45) is 0 Å². The van der Waals surface area contributed by atoms with E-state index in [1.165, 1.54) is 10.2 Å². The van der Waals surface area contributed by atoms with Gasteiger partial charge in [0.25, 0.3) is 0 Å². The van der Waals surface area contributed by atoms with E-state index in [0.717, 1.165) is 16.9 Å². The molecule has 0 aliphatic rings. The van der Waals surface area contributed by atoms with E-state index in [1.807, 2.05) is 48.5 Å². The Kier molecular flexibility index (Phi) is 5.38. The van der Waals surface area contributed by atoms with Crippen molar-refractivity contribution in [1.82, 2.24) is 20.2 Å². The average Bonchev–Trinajstić information content (AvgIpc) is 3.23. The fraction of sp³-hybridized carbons (Fsp3) is 0.136. The molecule has 29 heavy (non-hydrogen) atoms. The van der Waals surface area contributed by atoms with Gasteiger partial charge in [-0.1, -0.05) is 47.1 Å². The van der Waals surface area contributed by atoms with E-state index in [4.69, 9.17) is 9.47 Å². The molecule has 0 radical (unpaired) electrons. The molecule has 0 saturated carbocycles. The monoisotopic (exact) mass is 387 g/mol. The zero-order chi connectivity index (χ0) is 20.1. The number of anilines is 1. The number of aryl methyl sites for hydroxylation is 1. The zero-order valence-electron chi connectivity index (χ0n) is 16.2. The molecule has 0 amide bonds. The SMILES string of the molecule is COc1cc(CNc2ccc(C)cc2)ccc1Oc1nnnn1-c1ccccc1. The first-order chi connectivity index (χ1) is 14.2. The van der Waals surface area contributed by atoms with Crippen molar-refractivity contribution >= 4 is 5.69 Å². The number of aromatic nitrogens is 4. The van der Waals surface area contributed by atoms with Crippen molar-refractivity contribution in [2.45, 2.75) is 13.5 Å². The van der Waals surface area contributed by atoms with Gasteiger partial charge in [-0.05, 0) is 59.3 Å². The van der Waals surface area contributed by atoms with Gasteiger partial charge in [0.1, 0.15) is 0 Å². The molecule has 0 spiro atoms. The fourth-order valence-corrected chi connectivity index (χ4v) is 2.85. The first-order valence-corrected chi connectivity index (χ1v) is 9.22. The summed E-state index contributed by atoms with van der Waals surface area (Å²) in [6, 6.07) is 23.9. The van der Waals surface area contributed by atoms with Crippen molar-refractivity contribution in [3.05, 3.63) is 83.9 Å². The fourth-order valence-electron chi connectivity index (χ4n) is 2.85. The third-order valence-electron chi connectivity index (χ3n) is 4.42. The van der Waals surface area contributed by atoms with Crippen molar-refractivity contribution in [2.75, 3.05) is 12.4 Å². The highest BCUT2D eigenvalue weighted by molar-refractivity contribution is 5.48. The predicted molar refractivity (Wildman–Crippen MR) is 111 cm³/mol. The second-order valence-corrected chi connectivity index (χ2v) is 6.52. The zero-order valence-corrected chi connectivity index (χ0v) is 16.2. The topological polar surface area (TPSA) is 74.1 Å². The Morgan fingerprint density at radius 2 is 1.72 bits per heavy atom. The highest BCUT2D eigenvalue weighted by atomic mass is 16.5. The molecule has 3 aromatic carbocycles. The van der Waals surface area contributed by atoms with Gasteiger partial charge in [0, 0.05) is 12.2 Å². The Labute approximate surface area is 168 Å². The van der Waals surface area contributed by atoms with Crippen LogP contribution in [0, 0.1) is 6.92 Å². The van der Waals surface area contributed by atoms with Crippen LogP contribution in [0.15, 0.2) is 72.8 Å². The maximum Gasteiger partial charge on any atom is 0.346 e. The first-order valence-electron chi connectivity index (χ1n) is 9.22. The Bertz CT molecular complexity index is 1080. The van der Waals surface area contributed by atoms with E-state index in [0.29, 0.717) is 18.0 Å². The van der Waals surface area contributed by atoms with Crippen LogP contribution in [0.5, 0.6) is 17.5 Å². The average molecular weight is 387 g/mol. The van der Waals surface area contributed by atoms with Gasteiger partial charge < -0.3 is 14.8 Å². The molecular weight excluding hydrogens is 366 g/mol. The lowest BCUT2D eigenvalue weighted by atomic mass is 10.2. The van der Waals surface area contributed by atoms with Gasteiger partial charge in [-0.15, -0.1) is 0 Å². The van der Waals surface area contributed by atoms with Crippen LogP contribution in [-0.2, 0) is 6.54 Å². The lowest BCUT2D eigenvalue weighted by molar-refractivity contribution is 0.363. The minimum Gasteiger partial charge on any atom is -0.493 e. The second kappa shape index (κ2) is 8.43. The Morgan fingerprint density at radius 3 is 2.48 bits per heavy atom. The maximum absolute atomic E-state index is 5.94. The van der Waals surface area contributed by atoms with E-state index in [2.05, 4.69) is 52.0 Å². The molecule has 4 aromatic rings. The van der Waals surface area contributed by atoms with Crippen LogP contribution < -0.4 is 14.8 Å². The minimum absolute atomic E-state index is 0.264. The van der Waals surface area contributed by atoms with Crippen LogP contribution in [0.2, 0.25) is 0 Å². The van der Waals surface area contributed by atoms with Crippen LogP contribution in [0.25, 0.3) is 5.69 Å². The summed E-state index contributed by atoms with van der Waals surface area (Å²) in [6.07, 6.45) is 0. The molecule has 146 valence electrons. The molecule has 7 heteroatoms. The number of rotatable bonds is 7. The van der Waals surface area contributed by atoms with Crippen molar-refractivity contribution in [3.8, 4) is 23.2 Å². The molecule has 0 saturated heterocycles. The molecule has 0 unspecified atom stereocenters. The van der Waals surface area contributed by atoms with E-state index in [9.17, 15) is 0 Å². The largest absolute Gasteiger partial charge is 0.493 e. The Hall–Kier alpha value is -3.87. The lowest BCUT2D eigenvalue weighted by Crippen LogP contribution is -2.02. The second-order valence-electron chi connectivity index (χ2n) is 6.52. The number of ether oxygens (including phenoxy) is 2. The number of benzene rings is 3. The van der Waals surface area contributed by atoms with Crippen LogP contribution in [-0.4, -0.2) is 27.3 Å². The van der Waals surface area contributed by atoms with Crippen LogP contribution in [0.4, 0.5) is 5.69 Å². The summed E-state index contributed by atoms with van der Waals surface area (Å²) in [5.41, 5.74) is 4.18.